The van der Waals surface area contributed by atoms with E-state index in [4.69, 9.17) is 6.42 Å². The third-order valence-electron chi connectivity index (χ3n) is 1.47. The molecule has 1 rings (SSSR count). The van der Waals surface area contributed by atoms with Crippen LogP contribution in [0.4, 0.5) is 0 Å². The smallest absolute Gasteiger partial charge is 0.125 e. The number of hydrogen-bond donors (Lipinski definition) is 1. The molecule has 0 amide bonds. The molecular formula is C12H10O. The molecule has 0 aliphatic heterocycles. The van der Waals surface area contributed by atoms with Crippen LogP contribution in [-0.4, -0.2) is 11.2 Å². The Morgan fingerprint density at radius 1 is 1.31 bits per heavy atom. The molecule has 1 aromatic carbocycles. The zero-order chi connectivity index (χ0) is 9.52. The van der Waals surface area contributed by atoms with Crippen molar-refractivity contribution in [3.05, 3.63) is 35.9 Å². The second kappa shape index (κ2) is 5.04. The van der Waals surface area contributed by atoms with Crippen molar-refractivity contribution in [1.29, 1.82) is 0 Å². The molecule has 0 radical (unpaired) electrons. The van der Waals surface area contributed by atoms with E-state index in [0.717, 1.165) is 5.56 Å². The van der Waals surface area contributed by atoms with Crippen LogP contribution >= 0.6 is 0 Å². The van der Waals surface area contributed by atoms with Crippen molar-refractivity contribution < 1.29 is 5.11 Å². The van der Waals surface area contributed by atoms with Crippen molar-refractivity contribution in [3.8, 4) is 24.2 Å². The molecule has 0 spiro atoms. The Balaban J connectivity index is 2.63. The van der Waals surface area contributed by atoms with Crippen LogP contribution < -0.4 is 0 Å². The largest absolute Gasteiger partial charge is 0.379 e. The molecule has 1 unspecified atom stereocenters. The fourth-order valence-electron chi connectivity index (χ4n) is 0.851. The summed E-state index contributed by atoms with van der Waals surface area (Å²) in [5, 5.41) is 9.19. The van der Waals surface area contributed by atoms with Crippen molar-refractivity contribution in [2.45, 2.75) is 12.5 Å². The molecular weight excluding hydrogens is 160 g/mol. The molecule has 1 nitrogen and oxygen atoms in total. The summed E-state index contributed by atoms with van der Waals surface area (Å²) < 4.78 is 0. The van der Waals surface area contributed by atoms with E-state index in [1.165, 1.54) is 0 Å². The first-order valence-electron chi connectivity index (χ1n) is 4.01. The van der Waals surface area contributed by atoms with Gasteiger partial charge in [-0.05, 0) is 12.1 Å². The molecule has 0 aliphatic rings. The van der Waals surface area contributed by atoms with Gasteiger partial charge in [0.25, 0.3) is 0 Å². The van der Waals surface area contributed by atoms with Crippen LogP contribution in [0.15, 0.2) is 30.3 Å². The van der Waals surface area contributed by atoms with Gasteiger partial charge < -0.3 is 5.11 Å². The molecule has 13 heavy (non-hydrogen) atoms. The van der Waals surface area contributed by atoms with Gasteiger partial charge in [-0.2, -0.15) is 0 Å². The Labute approximate surface area is 78.4 Å². The van der Waals surface area contributed by atoms with Crippen LogP contribution in [0.3, 0.4) is 0 Å². The Kier molecular flexibility index (Phi) is 3.64. The number of aliphatic hydroxyl groups is 1. The number of terminal acetylenes is 1. The van der Waals surface area contributed by atoms with Gasteiger partial charge in [0.05, 0.1) is 0 Å². The Bertz CT molecular complexity index is 348. The van der Waals surface area contributed by atoms with E-state index in [0.29, 0.717) is 0 Å². The van der Waals surface area contributed by atoms with Crippen LogP contribution in [0.1, 0.15) is 12.0 Å². The number of hydrogen-bond acceptors (Lipinski definition) is 1. The summed E-state index contributed by atoms with van der Waals surface area (Å²) in [6, 6.07) is 9.49. The van der Waals surface area contributed by atoms with Crippen LogP contribution in [0, 0.1) is 24.2 Å². The summed E-state index contributed by atoms with van der Waals surface area (Å²) in [5.74, 6) is 7.85. The van der Waals surface area contributed by atoms with Gasteiger partial charge in [0.1, 0.15) is 6.10 Å². The van der Waals surface area contributed by atoms with Gasteiger partial charge >= 0.3 is 0 Å². The van der Waals surface area contributed by atoms with E-state index < -0.39 is 6.10 Å². The van der Waals surface area contributed by atoms with Gasteiger partial charge in [-0.25, -0.2) is 0 Å². The van der Waals surface area contributed by atoms with E-state index in [-0.39, 0.29) is 6.42 Å². The molecule has 0 saturated heterocycles. The molecule has 1 aromatic rings. The van der Waals surface area contributed by atoms with E-state index in [9.17, 15) is 5.11 Å². The zero-order valence-electron chi connectivity index (χ0n) is 7.20. The Morgan fingerprint density at radius 2 is 2.00 bits per heavy atom. The van der Waals surface area contributed by atoms with E-state index >= 15 is 0 Å². The van der Waals surface area contributed by atoms with Gasteiger partial charge in [0, 0.05) is 12.0 Å². The quantitative estimate of drug-likeness (QED) is 0.632. The maximum absolute atomic E-state index is 9.19. The van der Waals surface area contributed by atoms with Crippen molar-refractivity contribution in [2.75, 3.05) is 0 Å². The number of aliphatic hydroxyl groups excluding tert-OH is 1. The molecule has 0 aliphatic carbocycles. The number of benzene rings is 1. The van der Waals surface area contributed by atoms with E-state index in [2.05, 4.69) is 17.8 Å². The van der Waals surface area contributed by atoms with E-state index in [1.807, 2.05) is 30.3 Å². The standard InChI is InChI=1S/C12H10O/c1-2-6-12(13)10-9-11-7-4-3-5-8-11/h1,3-5,7-8,12-13H,6H2. The lowest BCUT2D eigenvalue weighted by atomic mass is 10.2. The maximum Gasteiger partial charge on any atom is 0.125 e. The Hall–Kier alpha value is -1.70. The van der Waals surface area contributed by atoms with Crippen LogP contribution in [0.5, 0.6) is 0 Å². The fraction of sp³-hybridized carbons (Fsp3) is 0.167. The summed E-state index contributed by atoms with van der Waals surface area (Å²) in [5.41, 5.74) is 0.888. The monoisotopic (exact) mass is 170 g/mol. The maximum atomic E-state index is 9.19. The minimum atomic E-state index is -0.717. The second-order valence-corrected chi connectivity index (χ2v) is 2.56. The first kappa shape index (κ1) is 9.39. The highest BCUT2D eigenvalue weighted by Crippen LogP contribution is 1.95. The highest BCUT2D eigenvalue weighted by Gasteiger charge is 1.93. The molecule has 64 valence electrons. The van der Waals surface area contributed by atoms with Crippen LogP contribution in [-0.2, 0) is 0 Å². The lowest BCUT2D eigenvalue weighted by Gasteiger charge is -1.93. The predicted octanol–water partition coefficient (Wildman–Crippen LogP) is 1.42. The van der Waals surface area contributed by atoms with Gasteiger partial charge in [-0.3, -0.25) is 0 Å². The zero-order valence-corrected chi connectivity index (χ0v) is 7.20. The first-order chi connectivity index (χ1) is 6.33. The lowest BCUT2D eigenvalue weighted by Crippen LogP contribution is -1.99. The molecule has 0 fully saturated rings. The molecule has 0 saturated carbocycles. The molecule has 0 heterocycles. The predicted molar refractivity (Wildman–Crippen MR) is 52.8 cm³/mol. The minimum absolute atomic E-state index is 0.278. The van der Waals surface area contributed by atoms with Crippen LogP contribution in [0.25, 0.3) is 0 Å². The van der Waals surface area contributed by atoms with Gasteiger partial charge in [-0.1, -0.05) is 30.0 Å². The van der Waals surface area contributed by atoms with Crippen molar-refractivity contribution in [3.63, 3.8) is 0 Å². The number of rotatable bonds is 1. The van der Waals surface area contributed by atoms with E-state index in [1.54, 1.807) is 0 Å². The normalized spacial score (nSPS) is 10.8. The lowest BCUT2D eigenvalue weighted by molar-refractivity contribution is 0.239. The summed E-state index contributed by atoms with van der Waals surface area (Å²) >= 11 is 0. The summed E-state index contributed by atoms with van der Waals surface area (Å²) in [7, 11) is 0. The highest BCUT2D eigenvalue weighted by atomic mass is 16.3. The SMILES string of the molecule is C#CCC(O)C#Cc1ccccc1. The fourth-order valence-corrected chi connectivity index (χ4v) is 0.851. The summed E-state index contributed by atoms with van der Waals surface area (Å²) in [6.07, 6.45) is 4.58. The molecule has 0 aromatic heterocycles. The van der Waals surface area contributed by atoms with Gasteiger partial charge in [-0.15, -0.1) is 12.3 Å². The van der Waals surface area contributed by atoms with Crippen molar-refractivity contribution >= 4 is 0 Å². The highest BCUT2D eigenvalue weighted by molar-refractivity contribution is 5.34. The second-order valence-electron chi connectivity index (χ2n) is 2.56. The average Bonchev–Trinajstić information content (AvgIpc) is 2.17. The van der Waals surface area contributed by atoms with Gasteiger partial charge in [0.2, 0.25) is 0 Å². The summed E-state index contributed by atoms with van der Waals surface area (Å²) in [6.45, 7) is 0. The van der Waals surface area contributed by atoms with Crippen molar-refractivity contribution in [1.82, 2.24) is 0 Å². The third-order valence-corrected chi connectivity index (χ3v) is 1.47. The van der Waals surface area contributed by atoms with Gasteiger partial charge in [0.15, 0.2) is 0 Å². The average molecular weight is 170 g/mol. The molecule has 1 heteroatoms. The first-order valence-corrected chi connectivity index (χ1v) is 4.01. The molecule has 1 N–H and O–H groups in total. The minimum Gasteiger partial charge on any atom is -0.379 e. The Morgan fingerprint density at radius 3 is 2.62 bits per heavy atom. The summed E-state index contributed by atoms with van der Waals surface area (Å²) in [4.78, 5) is 0. The van der Waals surface area contributed by atoms with Crippen molar-refractivity contribution in [2.24, 2.45) is 0 Å². The third kappa shape index (κ3) is 3.47. The van der Waals surface area contributed by atoms with Crippen LogP contribution in [0.2, 0.25) is 0 Å². The molecule has 1 atom stereocenters. The molecule has 0 bridgehead atoms. The topological polar surface area (TPSA) is 20.2 Å².